The Hall–Kier alpha value is -1.39. The van der Waals surface area contributed by atoms with Gasteiger partial charge in [0.05, 0.1) is 9.90 Å². The summed E-state index contributed by atoms with van der Waals surface area (Å²) >= 11 is 7.21. The SMILES string of the molecule is CC(=O)c1cc(F)ccc1OCc1ccc(Cl)s1. The van der Waals surface area contributed by atoms with Crippen molar-refractivity contribution in [3.05, 3.63) is 50.9 Å². The van der Waals surface area contributed by atoms with E-state index in [1.807, 2.05) is 6.07 Å². The summed E-state index contributed by atoms with van der Waals surface area (Å²) in [4.78, 5) is 12.3. The van der Waals surface area contributed by atoms with Gasteiger partial charge in [-0.25, -0.2) is 4.39 Å². The van der Waals surface area contributed by atoms with Crippen LogP contribution in [-0.2, 0) is 6.61 Å². The number of ketones is 1. The fourth-order valence-corrected chi connectivity index (χ4v) is 2.48. The van der Waals surface area contributed by atoms with E-state index in [9.17, 15) is 9.18 Å². The van der Waals surface area contributed by atoms with Crippen LogP contribution in [0.15, 0.2) is 30.3 Å². The summed E-state index contributed by atoms with van der Waals surface area (Å²) < 4.78 is 19.2. The molecular weight excluding hydrogens is 275 g/mol. The maximum Gasteiger partial charge on any atom is 0.163 e. The Bertz CT molecular complexity index is 580. The van der Waals surface area contributed by atoms with Gasteiger partial charge in [-0.05, 0) is 37.3 Å². The van der Waals surface area contributed by atoms with E-state index in [0.29, 0.717) is 16.7 Å². The number of rotatable bonds is 4. The Labute approximate surface area is 113 Å². The number of ether oxygens (including phenoxy) is 1. The van der Waals surface area contributed by atoms with Gasteiger partial charge < -0.3 is 4.74 Å². The molecule has 0 saturated carbocycles. The van der Waals surface area contributed by atoms with Crippen molar-refractivity contribution >= 4 is 28.7 Å². The lowest BCUT2D eigenvalue weighted by molar-refractivity contribution is 0.101. The molecule has 1 aromatic heterocycles. The third-order valence-electron chi connectivity index (χ3n) is 2.32. The fraction of sp³-hybridized carbons (Fsp3) is 0.154. The van der Waals surface area contributed by atoms with E-state index in [0.717, 1.165) is 4.88 Å². The van der Waals surface area contributed by atoms with Crippen molar-refractivity contribution in [1.82, 2.24) is 0 Å². The topological polar surface area (TPSA) is 26.3 Å². The molecule has 0 N–H and O–H groups in total. The molecule has 0 bridgehead atoms. The molecule has 2 aromatic rings. The minimum absolute atomic E-state index is 0.228. The van der Waals surface area contributed by atoms with Crippen molar-refractivity contribution < 1.29 is 13.9 Å². The number of carbonyl (C=O) groups is 1. The molecule has 0 fully saturated rings. The van der Waals surface area contributed by atoms with Crippen molar-refractivity contribution in [2.24, 2.45) is 0 Å². The van der Waals surface area contributed by atoms with E-state index in [2.05, 4.69) is 0 Å². The lowest BCUT2D eigenvalue weighted by Gasteiger charge is -2.08. The van der Waals surface area contributed by atoms with Gasteiger partial charge in [-0.15, -0.1) is 11.3 Å². The maximum absolute atomic E-state index is 13.1. The van der Waals surface area contributed by atoms with E-state index < -0.39 is 5.82 Å². The summed E-state index contributed by atoms with van der Waals surface area (Å²) in [6.07, 6.45) is 0. The smallest absolute Gasteiger partial charge is 0.163 e. The largest absolute Gasteiger partial charge is 0.487 e. The molecule has 0 saturated heterocycles. The average Bonchev–Trinajstić information content (AvgIpc) is 2.73. The first kappa shape index (κ1) is 13.1. The van der Waals surface area contributed by atoms with Crippen LogP contribution >= 0.6 is 22.9 Å². The number of hydrogen-bond acceptors (Lipinski definition) is 3. The molecule has 0 spiro atoms. The molecule has 2 nitrogen and oxygen atoms in total. The molecule has 1 aromatic carbocycles. The maximum atomic E-state index is 13.1. The summed E-state index contributed by atoms with van der Waals surface area (Å²) in [6, 6.07) is 7.54. The van der Waals surface area contributed by atoms with Crippen LogP contribution in [0.2, 0.25) is 4.34 Å². The number of halogens is 2. The molecule has 0 amide bonds. The zero-order valence-electron chi connectivity index (χ0n) is 9.57. The first-order valence-corrected chi connectivity index (χ1v) is 6.43. The second kappa shape index (κ2) is 5.50. The summed E-state index contributed by atoms with van der Waals surface area (Å²) in [5.41, 5.74) is 0.248. The highest BCUT2D eigenvalue weighted by Crippen LogP contribution is 2.25. The van der Waals surface area contributed by atoms with Crippen molar-refractivity contribution in [1.29, 1.82) is 0 Å². The number of hydrogen-bond donors (Lipinski definition) is 0. The standard InChI is InChI=1S/C13H10ClFO2S/c1-8(16)11-6-9(15)2-4-12(11)17-7-10-3-5-13(14)18-10/h2-6H,7H2,1H3. The van der Waals surface area contributed by atoms with Crippen LogP contribution in [0.25, 0.3) is 0 Å². The first-order chi connectivity index (χ1) is 8.56. The molecule has 1 heterocycles. The normalized spacial score (nSPS) is 10.4. The average molecular weight is 285 g/mol. The molecular formula is C13H10ClFO2S. The minimum atomic E-state index is -0.452. The third-order valence-corrected chi connectivity index (χ3v) is 3.52. The molecule has 0 unspecified atom stereocenters. The fourth-order valence-electron chi connectivity index (χ4n) is 1.48. The summed E-state index contributed by atoms with van der Waals surface area (Å²) in [5.74, 6) is -0.297. The number of thiophene rings is 1. The van der Waals surface area contributed by atoms with E-state index in [1.165, 1.54) is 36.5 Å². The van der Waals surface area contributed by atoms with Crippen LogP contribution in [0.1, 0.15) is 22.2 Å². The molecule has 0 aliphatic carbocycles. The molecule has 0 atom stereocenters. The van der Waals surface area contributed by atoms with E-state index in [1.54, 1.807) is 6.07 Å². The predicted molar refractivity (Wildman–Crippen MR) is 70.1 cm³/mol. The summed E-state index contributed by atoms with van der Waals surface area (Å²) in [6.45, 7) is 1.69. The highest BCUT2D eigenvalue weighted by atomic mass is 35.5. The van der Waals surface area contributed by atoms with Crippen LogP contribution < -0.4 is 4.74 Å². The molecule has 2 rings (SSSR count). The van der Waals surface area contributed by atoms with Crippen molar-refractivity contribution in [3.63, 3.8) is 0 Å². The molecule has 0 radical (unpaired) electrons. The molecule has 5 heteroatoms. The van der Waals surface area contributed by atoms with Crippen molar-refractivity contribution in [2.45, 2.75) is 13.5 Å². The Morgan fingerprint density at radius 3 is 2.78 bits per heavy atom. The Morgan fingerprint density at radius 1 is 1.39 bits per heavy atom. The lowest BCUT2D eigenvalue weighted by Crippen LogP contribution is -2.01. The Balaban J connectivity index is 2.16. The van der Waals surface area contributed by atoms with Gasteiger partial charge in [-0.1, -0.05) is 11.6 Å². The zero-order chi connectivity index (χ0) is 13.1. The molecule has 0 aliphatic rings. The van der Waals surface area contributed by atoms with Crippen LogP contribution in [0.3, 0.4) is 0 Å². The van der Waals surface area contributed by atoms with Crippen LogP contribution in [-0.4, -0.2) is 5.78 Å². The van der Waals surface area contributed by atoms with E-state index >= 15 is 0 Å². The van der Waals surface area contributed by atoms with Gasteiger partial charge in [0.1, 0.15) is 18.2 Å². The Kier molecular flexibility index (Phi) is 3.99. The molecule has 0 aliphatic heterocycles. The van der Waals surface area contributed by atoms with Gasteiger partial charge in [0.2, 0.25) is 0 Å². The lowest BCUT2D eigenvalue weighted by atomic mass is 10.1. The quantitative estimate of drug-likeness (QED) is 0.782. The van der Waals surface area contributed by atoms with E-state index in [4.69, 9.17) is 16.3 Å². The number of carbonyl (C=O) groups excluding carboxylic acids is 1. The first-order valence-electron chi connectivity index (χ1n) is 5.24. The third kappa shape index (κ3) is 3.09. The van der Waals surface area contributed by atoms with Crippen LogP contribution in [0.4, 0.5) is 4.39 Å². The van der Waals surface area contributed by atoms with Crippen LogP contribution in [0, 0.1) is 5.82 Å². The van der Waals surface area contributed by atoms with Gasteiger partial charge in [0.25, 0.3) is 0 Å². The van der Waals surface area contributed by atoms with Gasteiger partial charge in [-0.2, -0.15) is 0 Å². The second-order valence-electron chi connectivity index (χ2n) is 3.69. The summed E-state index contributed by atoms with van der Waals surface area (Å²) in [7, 11) is 0. The summed E-state index contributed by atoms with van der Waals surface area (Å²) in [5, 5.41) is 0. The number of benzene rings is 1. The predicted octanol–water partition coefficient (Wildman–Crippen LogP) is 4.32. The molecule has 94 valence electrons. The van der Waals surface area contributed by atoms with Gasteiger partial charge in [-0.3, -0.25) is 4.79 Å². The van der Waals surface area contributed by atoms with Gasteiger partial charge in [0.15, 0.2) is 5.78 Å². The van der Waals surface area contributed by atoms with Gasteiger partial charge >= 0.3 is 0 Å². The van der Waals surface area contributed by atoms with Gasteiger partial charge in [0, 0.05) is 4.88 Å². The monoisotopic (exact) mass is 284 g/mol. The van der Waals surface area contributed by atoms with E-state index in [-0.39, 0.29) is 11.3 Å². The van der Waals surface area contributed by atoms with Crippen molar-refractivity contribution in [2.75, 3.05) is 0 Å². The highest BCUT2D eigenvalue weighted by Gasteiger charge is 2.10. The minimum Gasteiger partial charge on any atom is -0.487 e. The zero-order valence-corrected chi connectivity index (χ0v) is 11.1. The van der Waals surface area contributed by atoms with Crippen molar-refractivity contribution in [3.8, 4) is 5.75 Å². The molecule has 18 heavy (non-hydrogen) atoms. The van der Waals surface area contributed by atoms with Crippen LogP contribution in [0.5, 0.6) is 5.75 Å². The Morgan fingerprint density at radius 2 is 2.17 bits per heavy atom. The number of Topliss-reactive ketones (excluding diaryl/α,β-unsaturated/α-hetero) is 1. The highest BCUT2D eigenvalue weighted by molar-refractivity contribution is 7.16. The second-order valence-corrected chi connectivity index (χ2v) is 5.49.